The van der Waals surface area contributed by atoms with Crippen molar-refractivity contribution in [3.8, 4) is 6.07 Å². The van der Waals surface area contributed by atoms with Gasteiger partial charge in [-0.1, -0.05) is 0 Å². The van der Waals surface area contributed by atoms with Crippen molar-refractivity contribution in [1.29, 1.82) is 5.26 Å². The van der Waals surface area contributed by atoms with E-state index in [1.807, 2.05) is 26.8 Å². The lowest BCUT2D eigenvalue weighted by atomic mass is 10.2. The summed E-state index contributed by atoms with van der Waals surface area (Å²) in [7, 11) is 0. The Balaban J connectivity index is 3.56. The van der Waals surface area contributed by atoms with E-state index in [0.717, 1.165) is 0 Å². The van der Waals surface area contributed by atoms with Gasteiger partial charge in [0.1, 0.15) is 5.60 Å². The van der Waals surface area contributed by atoms with Crippen molar-refractivity contribution in [3.63, 3.8) is 0 Å². The highest BCUT2D eigenvalue weighted by molar-refractivity contribution is 4.84. The molecule has 0 rings (SSSR count). The molecule has 0 radical (unpaired) electrons. The largest absolute Gasteiger partial charge is 0.474 e. The Hall–Kier alpha value is -1.17. The van der Waals surface area contributed by atoms with Gasteiger partial charge >= 0.3 is 0 Å². The van der Waals surface area contributed by atoms with Gasteiger partial charge in [-0.05, 0) is 27.4 Å². The molecule has 0 aromatic heterocycles. The van der Waals surface area contributed by atoms with Gasteiger partial charge in [0.05, 0.1) is 12.5 Å². The molecule has 0 unspecified atom stereocenters. The van der Waals surface area contributed by atoms with Gasteiger partial charge in [0.15, 0.2) is 5.88 Å². The fraction of sp³-hybridized carbons (Fsp3) is 0.667. The topological polar surface area (TPSA) is 45.0 Å². The molecule has 0 aliphatic rings. The number of rotatable bonds is 4. The van der Waals surface area contributed by atoms with E-state index >= 15 is 0 Å². The van der Waals surface area contributed by atoms with Crippen LogP contribution in [0.5, 0.6) is 0 Å². The van der Waals surface area contributed by atoms with Crippen LogP contribution in [0.15, 0.2) is 12.5 Å². The van der Waals surface area contributed by atoms with Crippen molar-refractivity contribution in [2.75, 3.05) is 6.54 Å². The molecule has 0 saturated carbocycles. The van der Waals surface area contributed by atoms with E-state index in [1.54, 1.807) is 0 Å². The lowest BCUT2D eigenvalue weighted by Gasteiger charge is -2.22. The standard InChI is InChI=1S/C9H16N2O/c1-8(11-7-5-6-10)12-9(2,3)4/h11H,1,5,7H2,2-4H3. The normalized spacial score (nSPS) is 10.2. The second kappa shape index (κ2) is 4.66. The summed E-state index contributed by atoms with van der Waals surface area (Å²) >= 11 is 0. The molecule has 12 heavy (non-hydrogen) atoms. The third-order valence-corrected chi connectivity index (χ3v) is 0.988. The van der Waals surface area contributed by atoms with Crippen LogP contribution in [0.3, 0.4) is 0 Å². The fourth-order valence-electron chi connectivity index (χ4n) is 0.664. The Morgan fingerprint density at radius 3 is 2.58 bits per heavy atom. The van der Waals surface area contributed by atoms with Crippen LogP contribution in [0.2, 0.25) is 0 Å². The molecule has 1 N–H and O–H groups in total. The number of nitrogens with zero attached hydrogens (tertiary/aromatic N) is 1. The highest BCUT2D eigenvalue weighted by Crippen LogP contribution is 2.09. The van der Waals surface area contributed by atoms with Crippen LogP contribution >= 0.6 is 0 Å². The lowest BCUT2D eigenvalue weighted by molar-refractivity contribution is 0.0418. The zero-order valence-corrected chi connectivity index (χ0v) is 7.98. The maximum Gasteiger partial charge on any atom is 0.179 e. The van der Waals surface area contributed by atoms with E-state index in [4.69, 9.17) is 10.00 Å². The number of ether oxygens (including phenoxy) is 1. The second-order valence-electron chi connectivity index (χ2n) is 3.47. The van der Waals surface area contributed by atoms with Gasteiger partial charge in [0.2, 0.25) is 0 Å². The number of hydrogen-bond acceptors (Lipinski definition) is 3. The van der Waals surface area contributed by atoms with Crippen LogP contribution in [-0.2, 0) is 4.74 Å². The van der Waals surface area contributed by atoms with Gasteiger partial charge in [0.25, 0.3) is 0 Å². The highest BCUT2D eigenvalue weighted by atomic mass is 16.5. The summed E-state index contributed by atoms with van der Waals surface area (Å²) in [5.74, 6) is 0.526. The molecule has 0 spiro atoms. The Morgan fingerprint density at radius 1 is 1.58 bits per heavy atom. The van der Waals surface area contributed by atoms with Gasteiger partial charge in [-0.25, -0.2) is 0 Å². The summed E-state index contributed by atoms with van der Waals surface area (Å²) in [6, 6.07) is 2.03. The first-order valence-corrected chi connectivity index (χ1v) is 3.94. The van der Waals surface area contributed by atoms with Crippen LogP contribution < -0.4 is 5.32 Å². The molecule has 0 bridgehead atoms. The molecule has 0 atom stereocenters. The van der Waals surface area contributed by atoms with Crippen LogP contribution in [-0.4, -0.2) is 12.1 Å². The van der Waals surface area contributed by atoms with Crippen LogP contribution in [0.1, 0.15) is 27.2 Å². The summed E-state index contributed by atoms with van der Waals surface area (Å²) in [5.41, 5.74) is -0.225. The third-order valence-electron chi connectivity index (χ3n) is 0.988. The van der Waals surface area contributed by atoms with Crippen molar-refractivity contribution < 1.29 is 4.74 Å². The Bertz CT molecular complexity index is 186. The predicted octanol–water partition coefficient (Wildman–Crippen LogP) is 1.78. The molecule has 0 aromatic carbocycles. The van der Waals surface area contributed by atoms with Crippen LogP contribution in [0, 0.1) is 11.3 Å². The molecule has 3 heteroatoms. The fourth-order valence-corrected chi connectivity index (χ4v) is 0.664. The second-order valence-corrected chi connectivity index (χ2v) is 3.47. The molecule has 0 aliphatic carbocycles. The minimum Gasteiger partial charge on any atom is -0.474 e. The minimum atomic E-state index is -0.225. The molecule has 0 saturated heterocycles. The van der Waals surface area contributed by atoms with Gasteiger partial charge in [-0.15, -0.1) is 0 Å². The molecule has 0 aliphatic heterocycles. The highest BCUT2D eigenvalue weighted by Gasteiger charge is 2.11. The average molecular weight is 168 g/mol. The lowest BCUT2D eigenvalue weighted by Crippen LogP contribution is -2.25. The molecule has 68 valence electrons. The van der Waals surface area contributed by atoms with Crippen LogP contribution in [0.4, 0.5) is 0 Å². The van der Waals surface area contributed by atoms with E-state index in [9.17, 15) is 0 Å². The minimum absolute atomic E-state index is 0.225. The first kappa shape index (κ1) is 10.8. The molecular formula is C9H16N2O. The Morgan fingerprint density at radius 2 is 2.17 bits per heavy atom. The third kappa shape index (κ3) is 6.94. The number of nitrogens with one attached hydrogen (secondary N) is 1. The van der Waals surface area contributed by atoms with Crippen molar-refractivity contribution >= 4 is 0 Å². The SMILES string of the molecule is C=C(NCCC#N)OC(C)(C)C. The van der Waals surface area contributed by atoms with Crippen molar-refractivity contribution in [2.24, 2.45) is 0 Å². The molecule has 0 aromatic rings. The van der Waals surface area contributed by atoms with Gasteiger partial charge < -0.3 is 10.1 Å². The predicted molar refractivity (Wildman–Crippen MR) is 48.2 cm³/mol. The smallest absolute Gasteiger partial charge is 0.179 e. The van der Waals surface area contributed by atoms with E-state index < -0.39 is 0 Å². The van der Waals surface area contributed by atoms with Gasteiger partial charge in [-0.3, -0.25) is 0 Å². The maximum absolute atomic E-state index is 8.25. The Kier molecular flexibility index (Phi) is 4.20. The average Bonchev–Trinajstić information content (AvgIpc) is 1.84. The zero-order chi connectivity index (χ0) is 9.61. The van der Waals surface area contributed by atoms with Crippen molar-refractivity contribution in [3.05, 3.63) is 12.5 Å². The summed E-state index contributed by atoms with van der Waals surface area (Å²) in [6.45, 7) is 10.1. The number of hydrogen-bond donors (Lipinski definition) is 1. The van der Waals surface area contributed by atoms with E-state index in [-0.39, 0.29) is 5.60 Å². The van der Waals surface area contributed by atoms with E-state index in [0.29, 0.717) is 18.8 Å². The molecule has 3 nitrogen and oxygen atoms in total. The first-order valence-electron chi connectivity index (χ1n) is 3.94. The maximum atomic E-state index is 8.25. The van der Waals surface area contributed by atoms with E-state index in [2.05, 4.69) is 11.9 Å². The summed E-state index contributed by atoms with van der Waals surface area (Å²) in [4.78, 5) is 0. The quantitative estimate of drug-likeness (QED) is 0.514. The van der Waals surface area contributed by atoms with Gasteiger partial charge in [-0.2, -0.15) is 5.26 Å². The molecule has 0 amide bonds. The Labute approximate surface area is 74.0 Å². The first-order chi connectivity index (χ1) is 5.45. The zero-order valence-electron chi connectivity index (χ0n) is 7.98. The van der Waals surface area contributed by atoms with Crippen molar-refractivity contribution in [2.45, 2.75) is 32.8 Å². The van der Waals surface area contributed by atoms with E-state index in [1.165, 1.54) is 0 Å². The molecule has 0 fully saturated rings. The summed E-state index contributed by atoms with van der Waals surface area (Å²) in [6.07, 6.45) is 0.465. The van der Waals surface area contributed by atoms with Gasteiger partial charge in [0, 0.05) is 6.54 Å². The van der Waals surface area contributed by atoms with Crippen LogP contribution in [0.25, 0.3) is 0 Å². The summed E-state index contributed by atoms with van der Waals surface area (Å²) in [5, 5.41) is 11.2. The number of nitriles is 1. The van der Waals surface area contributed by atoms with Crippen molar-refractivity contribution in [1.82, 2.24) is 5.32 Å². The molecule has 0 heterocycles. The summed E-state index contributed by atoms with van der Waals surface area (Å²) < 4.78 is 5.37. The monoisotopic (exact) mass is 168 g/mol. The molecular weight excluding hydrogens is 152 g/mol.